The Labute approximate surface area is 211 Å². The SMILES string of the molecule is CN1CCN(CCCN(Cc2cnc(-c3ccccc3)[nH]2)C(=O)c2ccc(-[n+]3ccc[nH]3)nc2)CC1. The predicted molar refractivity (Wildman–Crippen MR) is 137 cm³/mol. The first-order valence-corrected chi connectivity index (χ1v) is 12.5. The number of carbonyl (C=O) groups excluding carboxylic acids is 1. The van der Waals surface area contributed by atoms with Crippen LogP contribution in [-0.4, -0.2) is 87.0 Å². The molecule has 0 spiro atoms. The standard InChI is InChI=1S/C27H32N8O/c1-32-15-17-33(18-16-32)12-6-13-34(21-24-20-29-26(31-24)22-7-3-2-4-8-22)27(36)23-9-10-25(28-19-23)35-14-5-11-30-35/h2-5,7-11,14,19-20H,6,12-13,15-18,21H2,1H3,(H,29,31)/p+1. The lowest BCUT2D eigenvalue weighted by molar-refractivity contribution is -0.658. The third-order valence-electron chi connectivity index (χ3n) is 6.61. The summed E-state index contributed by atoms with van der Waals surface area (Å²) in [4.78, 5) is 32.7. The zero-order chi connectivity index (χ0) is 24.7. The second kappa shape index (κ2) is 11.3. The fourth-order valence-electron chi connectivity index (χ4n) is 4.47. The monoisotopic (exact) mass is 485 g/mol. The van der Waals surface area contributed by atoms with Crippen LogP contribution in [0.5, 0.6) is 0 Å². The maximum absolute atomic E-state index is 13.6. The Kier molecular flexibility index (Phi) is 7.49. The van der Waals surface area contributed by atoms with Gasteiger partial charge in [-0.15, -0.1) is 4.68 Å². The molecule has 1 saturated heterocycles. The molecule has 9 heteroatoms. The molecule has 9 nitrogen and oxygen atoms in total. The zero-order valence-corrected chi connectivity index (χ0v) is 20.7. The van der Waals surface area contributed by atoms with Crippen LogP contribution < -0.4 is 4.68 Å². The van der Waals surface area contributed by atoms with E-state index < -0.39 is 0 Å². The Hall–Kier alpha value is -3.82. The molecule has 1 amide bonds. The van der Waals surface area contributed by atoms with Gasteiger partial charge in [-0.25, -0.2) is 10.1 Å². The first-order chi connectivity index (χ1) is 17.7. The van der Waals surface area contributed by atoms with Crippen molar-refractivity contribution in [3.63, 3.8) is 0 Å². The fourth-order valence-corrected chi connectivity index (χ4v) is 4.47. The third-order valence-corrected chi connectivity index (χ3v) is 6.61. The lowest BCUT2D eigenvalue weighted by atomic mass is 10.2. The number of benzene rings is 1. The molecule has 4 heterocycles. The molecular formula is C27H33N8O+. The van der Waals surface area contributed by atoms with Crippen molar-refractivity contribution < 1.29 is 9.48 Å². The predicted octanol–water partition coefficient (Wildman–Crippen LogP) is 2.36. The summed E-state index contributed by atoms with van der Waals surface area (Å²) in [5.74, 6) is 1.52. The van der Waals surface area contributed by atoms with Gasteiger partial charge in [0.2, 0.25) is 0 Å². The average Bonchev–Trinajstić information content (AvgIpc) is 3.62. The summed E-state index contributed by atoms with van der Waals surface area (Å²) in [6.45, 7) is 6.45. The molecule has 0 radical (unpaired) electrons. The van der Waals surface area contributed by atoms with E-state index in [0.717, 1.165) is 62.0 Å². The molecule has 4 aromatic rings. The highest BCUT2D eigenvalue weighted by Gasteiger charge is 2.21. The minimum atomic E-state index is -0.0280. The van der Waals surface area contributed by atoms with Gasteiger partial charge in [0.15, 0.2) is 6.20 Å². The Morgan fingerprint density at radius 2 is 1.86 bits per heavy atom. The maximum atomic E-state index is 13.6. The summed E-state index contributed by atoms with van der Waals surface area (Å²) >= 11 is 0. The molecule has 0 atom stereocenters. The number of likely N-dealkylation sites (N-methyl/N-ethyl adjacent to an activating group) is 1. The molecule has 1 aliphatic heterocycles. The van der Waals surface area contributed by atoms with Gasteiger partial charge < -0.3 is 19.7 Å². The Morgan fingerprint density at radius 1 is 1.03 bits per heavy atom. The van der Waals surface area contributed by atoms with Crippen LogP contribution in [0.2, 0.25) is 0 Å². The van der Waals surface area contributed by atoms with Crippen LogP contribution in [0, 0.1) is 0 Å². The smallest absolute Gasteiger partial charge is 0.340 e. The van der Waals surface area contributed by atoms with E-state index in [2.05, 4.69) is 36.9 Å². The number of amides is 1. The first-order valence-electron chi connectivity index (χ1n) is 12.5. The zero-order valence-electron chi connectivity index (χ0n) is 20.7. The molecule has 1 fully saturated rings. The second-order valence-electron chi connectivity index (χ2n) is 9.26. The lowest BCUT2D eigenvalue weighted by Gasteiger charge is -2.33. The van der Waals surface area contributed by atoms with Crippen LogP contribution in [-0.2, 0) is 6.54 Å². The topological polar surface area (TPSA) is 88.0 Å². The number of imidazole rings is 1. The van der Waals surface area contributed by atoms with E-state index in [1.807, 2.05) is 72.0 Å². The van der Waals surface area contributed by atoms with Crippen molar-refractivity contribution in [3.8, 4) is 17.2 Å². The number of piperazine rings is 1. The van der Waals surface area contributed by atoms with Crippen LogP contribution >= 0.6 is 0 Å². The summed E-state index contributed by atoms with van der Waals surface area (Å²) in [5.41, 5.74) is 2.51. The van der Waals surface area contributed by atoms with Gasteiger partial charge >= 0.3 is 5.82 Å². The molecule has 2 N–H and O–H groups in total. The van der Waals surface area contributed by atoms with Crippen LogP contribution in [0.4, 0.5) is 0 Å². The van der Waals surface area contributed by atoms with E-state index in [1.54, 1.807) is 10.9 Å². The number of rotatable bonds is 9. The molecule has 0 saturated carbocycles. The van der Waals surface area contributed by atoms with Crippen molar-refractivity contribution in [3.05, 3.63) is 84.6 Å². The molecule has 36 heavy (non-hydrogen) atoms. The van der Waals surface area contributed by atoms with Crippen molar-refractivity contribution in [1.82, 2.24) is 34.8 Å². The number of aromatic amines is 2. The number of H-pyrrole nitrogens is 2. The minimum Gasteiger partial charge on any atom is -0.340 e. The maximum Gasteiger partial charge on any atom is 0.346 e. The second-order valence-corrected chi connectivity index (χ2v) is 9.26. The Balaban J connectivity index is 1.29. The fraction of sp³-hybridized carbons (Fsp3) is 0.333. The minimum absolute atomic E-state index is 0.0280. The van der Waals surface area contributed by atoms with Gasteiger partial charge in [0, 0.05) is 50.6 Å². The van der Waals surface area contributed by atoms with Gasteiger partial charge in [-0.1, -0.05) is 30.3 Å². The highest BCUT2D eigenvalue weighted by molar-refractivity contribution is 5.93. The first kappa shape index (κ1) is 23.9. The molecule has 1 aliphatic rings. The molecule has 186 valence electrons. The summed E-state index contributed by atoms with van der Waals surface area (Å²) < 4.78 is 1.80. The molecule has 0 bridgehead atoms. The highest BCUT2D eigenvalue weighted by Crippen LogP contribution is 2.17. The van der Waals surface area contributed by atoms with Crippen molar-refractivity contribution in [1.29, 1.82) is 0 Å². The van der Waals surface area contributed by atoms with Crippen molar-refractivity contribution >= 4 is 5.91 Å². The van der Waals surface area contributed by atoms with Crippen molar-refractivity contribution in [2.24, 2.45) is 0 Å². The Bertz CT molecular complexity index is 1230. The van der Waals surface area contributed by atoms with Crippen LogP contribution in [0.3, 0.4) is 0 Å². The number of pyridine rings is 1. The van der Waals surface area contributed by atoms with Gasteiger partial charge in [0.1, 0.15) is 12.0 Å². The third kappa shape index (κ3) is 5.87. The summed E-state index contributed by atoms with van der Waals surface area (Å²) in [6.07, 6.45) is 8.11. The summed E-state index contributed by atoms with van der Waals surface area (Å²) in [6, 6.07) is 15.6. The van der Waals surface area contributed by atoms with E-state index in [1.165, 1.54) is 0 Å². The average molecular weight is 486 g/mol. The molecule has 5 rings (SSSR count). The number of hydrogen-bond donors (Lipinski definition) is 2. The van der Waals surface area contributed by atoms with Gasteiger partial charge in [-0.3, -0.25) is 4.79 Å². The molecule has 0 unspecified atom stereocenters. The van der Waals surface area contributed by atoms with E-state index in [0.29, 0.717) is 18.7 Å². The highest BCUT2D eigenvalue weighted by atomic mass is 16.2. The number of aromatic nitrogens is 5. The Morgan fingerprint density at radius 3 is 2.58 bits per heavy atom. The quantitative estimate of drug-likeness (QED) is 0.356. The largest absolute Gasteiger partial charge is 0.346 e. The van der Waals surface area contributed by atoms with Gasteiger partial charge in [0.25, 0.3) is 5.91 Å². The van der Waals surface area contributed by atoms with Crippen molar-refractivity contribution in [2.45, 2.75) is 13.0 Å². The van der Waals surface area contributed by atoms with Gasteiger partial charge in [0.05, 0.1) is 24.0 Å². The number of carbonyl (C=O) groups is 1. The van der Waals surface area contributed by atoms with Crippen LogP contribution in [0.1, 0.15) is 22.5 Å². The molecule has 3 aromatic heterocycles. The van der Waals surface area contributed by atoms with Gasteiger partial charge in [-0.2, -0.15) is 0 Å². The molecular weight excluding hydrogens is 452 g/mol. The van der Waals surface area contributed by atoms with Crippen LogP contribution in [0.15, 0.2) is 73.3 Å². The van der Waals surface area contributed by atoms with E-state index in [9.17, 15) is 4.79 Å². The summed E-state index contributed by atoms with van der Waals surface area (Å²) in [5, 5.41) is 3.08. The van der Waals surface area contributed by atoms with Gasteiger partial charge in [-0.05, 0) is 37.1 Å². The lowest BCUT2D eigenvalue weighted by Crippen LogP contribution is -2.45. The van der Waals surface area contributed by atoms with Crippen LogP contribution in [0.25, 0.3) is 17.2 Å². The van der Waals surface area contributed by atoms with E-state index in [-0.39, 0.29) is 5.91 Å². The van der Waals surface area contributed by atoms with Crippen molar-refractivity contribution in [2.75, 3.05) is 46.3 Å². The number of hydrogen-bond acceptors (Lipinski definition) is 5. The van der Waals surface area contributed by atoms with E-state index in [4.69, 9.17) is 0 Å². The summed E-state index contributed by atoms with van der Waals surface area (Å²) in [7, 11) is 2.17. The van der Waals surface area contributed by atoms with E-state index >= 15 is 0 Å². The molecule has 0 aliphatic carbocycles. The number of nitrogens with zero attached hydrogens (tertiary/aromatic N) is 6. The number of nitrogens with one attached hydrogen (secondary N) is 2. The molecule has 1 aromatic carbocycles. The normalized spacial score (nSPS) is 14.7.